The summed E-state index contributed by atoms with van der Waals surface area (Å²) in [6.45, 7) is 0. The number of carbonyl (C=O) groups excluding carboxylic acids is 1. The number of carbonyl (C=O) groups is 1. The van der Waals surface area contributed by atoms with E-state index in [1.165, 1.54) is 12.8 Å². The number of aromatic amines is 3. The van der Waals surface area contributed by atoms with Gasteiger partial charge in [0.05, 0.1) is 6.42 Å². The van der Waals surface area contributed by atoms with E-state index in [0.717, 1.165) is 22.3 Å². The molecule has 5 rings (SSSR count). The molecule has 6 N–H and O–H groups in total. The van der Waals surface area contributed by atoms with Crippen LogP contribution in [0.1, 0.15) is 30.0 Å². The van der Waals surface area contributed by atoms with Crippen LogP contribution >= 0.6 is 0 Å². The van der Waals surface area contributed by atoms with Gasteiger partial charge in [0.2, 0.25) is 5.91 Å². The predicted molar refractivity (Wildman–Crippen MR) is 103 cm³/mol. The molecule has 0 atom stereocenters. The van der Waals surface area contributed by atoms with Crippen LogP contribution in [0.25, 0.3) is 22.4 Å². The molecule has 0 spiro atoms. The Bertz CT molecular complexity index is 1160. The largest absolute Gasteiger partial charge is 0.354 e. The molecule has 9 nitrogen and oxygen atoms in total. The number of nitrogen functional groups attached to an aromatic ring is 1. The highest BCUT2D eigenvalue weighted by atomic mass is 16.1. The van der Waals surface area contributed by atoms with Crippen molar-refractivity contribution in [2.24, 2.45) is 0 Å². The highest BCUT2D eigenvalue weighted by Gasteiger charge is 2.25. The summed E-state index contributed by atoms with van der Waals surface area (Å²) in [4.78, 5) is 26.9. The number of hydrogen-bond donors (Lipinski definition) is 4. The van der Waals surface area contributed by atoms with Gasteiger partial charge in [0.1, 0.15) is 5.69 Å². The number of benzene rings is 1. The lowest BCUT2D eigenvalue weighted by molar-refractivity contribution is -0.347. The molecule has 1 saturated carbocycles. The number of anilines is 2. The smallest absolute Gasteiger partial charge is 0.305 e. The van der Waals surface area contributed by atoms with E-state index >= 15 is 0 Å². The van der Waals surface area contributed by atoms with Gasteiger partial charge in [0.25, 0.3) is 5.95 Å². The lowest BCUT2D eigenvalue weighted by atomic mass is 10.1. The molecule has 0 bridgehead atoms. The number of rotatable bonds is 5. The average molecular weight is 375 g/mol. The van der Waals surface area contributed by atoms with Crippen LogP contribution in [0.3, 0.4) is 0 Å². The van der Waals surface area contributed by atoms with E-state index in [2.05, 4.69) is 35.5 Å². The molecule has 3 heterocycles. The molecular formula is C19H19N8O+. The summed E-state index contributed by atoms with van der Waals surface area (Å²) in [5.41, 5.74) is 10.8. The SMILES string of the molecule is Nc1nc(-c2ccc(CC(=O)Nc3cc(C4CC4)[nH]n3)cc2)c2[nH]c[nH+]c2n1. The van der Waals surface area contributed by atoms with Crippen molar-refractivity contribution in [2.45, 2.75) is 25.2 Å². The van der Waals surface area contributed by atoms with Crippen molar-refractivity contribution >= 4 is 28.8 Å². The van der Waals surface area contributed by atoms with Crippen molar-refractivity contribution in [3.63, 3.8) is 0 Å². The standard InChI is InChI=1S/C19H18N8O/c20-19-24-16(17-18(25-19)22-9-21-17)12-3-1-10(2-4-12)7-15(28)23-14-8-13(26-27-14)11-5-6-11/h1-4,8-9,11H,5-7H2,(H2,23,26,27,28)(H3,20,21,22,24,25)/p+1. The van der Waals surface area contributed by atoms with Crippen molar-refractivity contribution in [2.75, 3.05) is 11.1 Å². The Morgan fingerprint density at radius 2 is 2.07 bits per heavy atom. The lowest BCUT2D eigenvalue weighted by Crippen LogP contribution is -2.14. The fraction of sp³-hybridized carbons (Fsp3) is 0.211. The topological polar surface area (TPSA) is 140 Å². The van der Waals surface area contributed by atoms with Gasteiger partial charge in [-0.2, -0.15) is 10.1 Å². The number of hydrogen-bond acceptors (Lipinski definition) is 5. The number of H-pyrrole nitrogens is 3. The monoisotopic (exact) mass is 375 g/mol. The minimum Gasteiger partial charge on any atom is -0.354 e. The summed E-state index contributed by atoms with van der Waals surface area (Å²) in [6, 6.07) is 9.57. The van der Waals surface area contributed by atoms with Crippen molar-refractivity contribution in [1.82, 2.24) is 25.1 Å². The van der Waals surface area contributed by atoms with E-state index in [1.54, 1.807) is 6.33 Å². The molecule has 0 unspecified atom stereocenters. The quantitative estimate of drug-likeness (QED) is 0.421. The van der Waals surface area contributed by atoms with Gasteiger partial charge in [-0.25, -0.2) is 4.98 Å². The van der Waals surface area contributed by atoms with Crippen LogP contribution in [0.4, 0.5) is 11.8 Å². The van der Waals surface area contributed by atoms with Gasteiger partial charge in [-0.3, -0.25) is 14.9 Å². The summed E-state index contributed by atoms with van der Waals surface area (Å²) in [5.74, 6) is 1.25. The number of amides is 1. The summed E-state index contributed by atoms with van der Waals surface area (Å²) < 4.78 is 0. The molecule has 1 aliphatic carbocycles. The minimum atomic E-state index is -0.103. The summed E-state index contributed by atoms with van der Waals surface area (Å²) in [5, 5.41) is 9.98. The molecule has 1 aliphatic rings. The molecule has 0 radical (unpaired) electrons. The summed E-state index contributed by atoms with van der Waals surface area (Å²) in [6.07, 6.45) is 4.33. The van der Waals surface area contributed by atoms with Gasteiger partial charge in [-0.1, -0.05) is 29.2 Å². The molecule has 0 aliphatic heterocycles. The maximum atomic E-state index is 12.3. The van der Waals surface area contributed by atoms with E-state index in [9.17, 15) is 4.79 Å². The van der Waals surface area contributed by atoms with Gasteiger partial charge in [-0.05, 0) is 18.4 Å². The normalized spacial score (nSPS) is 13.7. The van der Waals surface area contributed by atoms with Crippen LogP contribution in [0.2, 0.25) is 0 Å². The zero-order valence-corrected chi connectivity index (χ0v) is 15.0. The fourth-order valence-electron chi connectivity index (χ4n) is 3.26. The van der Waals surface area contributed by atoms with Crippen LogP contribution in [-0.4, -0.2) is 31.1 Å². The second kappa shape index (κ2) is 6.45. The summed E-state index contributed by atoms with van der Waals surface area (Å²) in [7, 11) is 0. The molecule has 9 heteroatoms. The maximum Gasteiger partial charge on any atom is 0.305 e. The van der Waals surface area contributed by atoms with Crippen molar-refractivity contribution in [1.29, 1.82) is 0 Å². The first kappa shape index (κ1) is 16.4. The molecule has 4 aromatic rings. The highest BCUT2D eigenvalue weighted by molar-refractivity contribution is 5.91. The highest BCUT2D eigenvalue weighted by Crippen LogP contribution is 2.39. The number of fused-ring (bicyclic) bond motifs is 1. The molecule has 0 saturated heterocycles. The van der Waals surface area contributed by atoms with E-state index in [1.807, 2.05) is 30.3 Å². The number of imidazole rings is 1. The Morgan fingerprint density at radius 1 is 1.25 bits per heavy atom. The second-order valence-electron chi connectivity index (χ2n) is 6.99. The number of nitrogens with zero attached hydrogens (tertiary/aromatic N) is 3. The van der Waals surface area contributed by atoms with Crippen molar-refractivity contribution in [3.8, 4) is 11.3 Å². The van der Waals surface area contributed by atoms with Crippen LogP contribution in [0, 0.1) is 0 Å². The van der Waals surface area contributed by atoms with Crippen molar-refractivity contribution < 1.29 is 9.78 Å². The van der Waals surface area contributed by atoms with Gasteiger partial charge in [-0.15, -0.1) is 0 Å². The van der Waals surface area contributed by atoms with Crippen LogP contribution in [0.15, 0.2) is 36.7 Å². The van der Waals surface area contributed by atoms with Gasteiger partial charge in [0.15, 0.2) is 17.7 Å². The Morgan fingerprint density at radius 3 is 2.86 bits per heavy atom. The number of aromatic nitrogens is 6. The van der Waals surface area contributed by atoms with Gasteiger partial charge >= 0.3 is 5.65 Å². The lowest BCUT2D eigenvalue weighted by Gasteiger charge is -2.04. The van der Waals surface area contributed by atoms with E-state index in [4.69, 9.17) is 5.73 Å². The maximum absolute atomic E-state index is 12.3. The predicted octanol–water partition coefficient (Wildman–Crippen LogP) is 1.80. The third-order valence-electron chi connectivity index (χ3n) is 4.83. The molecule has 1 fully saturated rings. The second-order valence-corrected chi connectivity index (χ2v) is 6.99. The Balaban J connectivity index is 1.30. The third kappa shape index (κ3) is 3.18. The fourth-order valence-corrected chi connectivity index (χ4v) is 3.26. The molecular weight excluding hydrogens is 356 g/mol. The first-order chi connectivity index (χ1) is 13.7. The van der Waals surface area contributed by atoms with Crippen LogP contribution < -0.4 is 16.0 Å². The Hall–Kier alpha value is -3.75. The van der Waals surface area contributed by atoms with Gasteiger partial charge < -0.3 is 11.1 Å². The van der Waals surface area contributed by atoms with Crippen molar-refractivity contribution in [3.05, 3.63) is 47.9 Å². The molecule has 1 amide bonds. The number of nitrogens with one attached hydrogen (secondary N) is 4. The summed E-state index contributed by atoms with van der Waals surface area (Å²) >= 11 is 0. The molecule has 1 aromatic carbocycles. The molecule has 3 aromatic heterocycles. The molecule has 28 heavy (non-hydrogen) atoms. The average Bonchev–Trinajstić information content (AvgIpc) is 3.24. The zero-order chi connectivity index (χ0) is 19.1. The van der Waals surface area contributed by atoms with Gasteiger partial charge in [0, 0.05) is 23.2 Å². The molecule has 140 valence electrons. The van der Waals surface area contributed by atoms with E-state index in [-0.39, 0.29) is 18.3 Å². The Kier molecular flexibility index (Phi) is 3.78. The zero-order valence-electron chi connectivity index (χ0n) is 15.0. The minimum absolute atomic E-state index is 0.103. The van der Waals surface area contributed by atoms with E-state index < -0.39 is 0 Å². The first-order valence-electron chi connectivity index (χ1n) is 9.12. The van der Waals surface area contributed by atoms with E-state index in [0.29, 0.717) is 23.1 Å². The van der Waals surface area contributed by atoms with Crippen LogP contribution in [0.5, 0.6) is 0 Å². The Labute approximate surface area is 159 Å². The first-order valence-corrected chi connectivity index (χ1v) is 9.12. The van der Waals surface area contributed by atoms with Crippen LogP contribution in [-0.2, 0) is 11.2 Å². The number of nitrogens with two attached hydrogens (primary N) is 1. The third-order valence-corrected chi connectivity index (χ3v) is 4.83.